The van der Waals surface area contributed by atoms with E-state index in [4.69, 9.17) is 0 Å². The molecule has 6 heteroatoms. The van der Waals surface area contributed by atoms with Gasteiger partial charge in [0.1, 0.15) is 5.57 Å². The number of hydrogen-bond acceptors (Lipinski definition) is 4. The second-order valence-corrected chi connectivity index (χ2v) is 8.44. The summed E-state index contributed by atoms with van der Waals surface area (Å²) in [6.45, 7) is 13.1. The molecule has 3 rings (SSSR count). The van der Waals surface area contributed by atoms with Crippen LogP contribution < -0.4 is 15.5 Å². The van der Waals surface area contributed by atoms with Gasteiger partial charge in [-0.25, -0.2) is 4.79 Å². The molecule has 1 saturated heterocycles. The van der Waals surface area contributed by atoms with Crippen molar-refractivity contribution in [1.29, 1.82) is 0 Å². The van der Waals surface area contributed by atoms with Gasteiger partial charge in [-0.3, -0.25) is 20.2 Å². The Morgan fingerprint density at radius 1 is 1.15 bits per heavy atom. The second kappa shape index (κ2) is 6.51. The maximum absolute atomic E-state index is 12.0. The molecule has 144 valence electrons. The van der Waals surface area contributed by atoms with Crippen molar-refractivity contribution in [2.75, 3.05) is 4.90 Å². The normalized spacial score (nSPS) is 21.7. The van der Waals surface area contributed by atoms with Crippen molar-refractivity contribution in [1.82, 2.24) is 10.6 Å². The number of anilines is 1. The average Bonchev–Trinajstić information content (AvgIpc) is 2.50. The lowest BCUT2D eigenvalue weighted by molar-refractivity contribution is -0.123. The van der Waals surface area contributed by atoms with Crippen molar-refractivity contribution in [3.8, 4) is 0 Å². The van der Waals surface area contributed by atoms with Crippen molar-refractivity contribution in [3.05, 3.63) is 34.4 Å². The maximum atomic E-state index is 12.0. The molecule has 2 heterocycles. The highest BCUT2D eigenvalue weighted by Gasteiger charge is 2.38. The monoisotopic (exact) mass is 369 g/mol. The number of fused-ring (bicyclic) bond motifs is 1. The largest absolute Gasteiger partial charge is 0.364 e. The van der Waals surface area contributed by atoms with Gasteiger partial charge in [0.2, 0.25) is 0 Å². The van der Waals surface area contributed by atoms with Crippen molar-refractivity contribution in [2.45, 2.75) is 65.5 Å². The van der Waals surface area contributed by atoms with Gasteiger partial charge < -0.3 is 4.90 Å². The molecule has 6 nitrogen and oxygen atoms in total. The minimum absolute atomic E-state index is 0.0521. The minimum Gasteiger partial charge on any atom is -0.364 e. The third-order valence-corrected chi connectivity index (χ3v) is 5.42. The zero-order chi connectivity index (χ0) is 20.1. The summed E-state index contributed by atoms with van der Waals surface area (Å²) in [5.74, 6) is -0.976. The fourth-order valence-electron chi connectivity index (χ4n) is 4.51. The summed E-state index contributed by atoms with van der Waals surface area (Å²) < 4.78 is 0. The lowest BCUT2D eigenvalue weighted by Gasteiger charge is -2.50. The number of amides is 4. The molecule has 0 radical (unpaired) electrons. The van der Waals surface area contributed by atoms with E-state index in [1.807, 2.05) is 6.92 Å². The van der Waals surface area contributed by atoms with E-state index >= 15 is 0 Å². The number of nitrogens with one attached hydrogen (secondary N) is 2. The molecule has 0 spiro atoms. The zero-order valence-corrected chi connectivity index (χ0v) is 16.8. The van der Waals surface area contributed by atoms with Crippen LogP contribution in [0.3, 0.4) is 0 Å². The third kappa shape index (κ3) is 3.36. The van der Waals surface area contributed by atoms with Gasteiger partial charge in [-0.1, -0.05) is 6.92 Å². The molecule has 1 atom stereocenters. The number of hydrogen-bond donors (Lipinski definition) is 2. The number of aryl methyl sites for hydroxylation is 1. The Kier molecular flexibility index (Phi) is 4.62. The lowest BCUT2D eigenvalue weighted by atomic mass is 9.78. The molecule has 2 aliphatic heterocycles. The summed E-state index contributed by atoms with van der Waals surface area (Å²) >= 11 is 0. The fourth-order valence-corrected chi connectivity index (χ4v) is 4.51. The fraction of sp³-hybridized carbons (Fsp3) is 0.476. The van der Waals surface area contributed by atoms with Gasteiger partial charge in [-0.15, -0.1) is 0 Å². The lowest BCUT2D eigenvalue weighted by Crippen LogP contribution is -2.52. The van der Waals surface area contributed by atoms with Crippen LogP contribution in [-0.2, 0) is 9.59 Å². The number of imide groups is 2. The molecule has 1 aromatic carbocycles. The van der Waals surface area contributed by atoms with E-state index in [-0.39, 0.29) is 11.1 Å². The topological polar surface area (TPSA) is 78.5 Å². The van der Waals surface area contributed by atoms with E-state index in [0.29, 0.717) is 12.0 Å². The molecular formula is C21H27N3O3. The van der Waals surface area contributed by atoms with Crippen molar-refractivity contribution < 1.29 is 14.4 Å². The van der Waals surface area contributed by atoms with E-state index in [9.17, 15) is 14.4 Å². The van der Waals surface area contributed by atoms with Crippen molar-refractivity contribution >= 4 is 29.6 Å². The van der Waals surface area contributed by atoms with Crippen LogP contribution >= 0.6 is 0 Å². The molecule has 2 aliphatic rings. The smallest absolute Gasteiger partial charge is 0.328 e. The number of nitrogens with zero attached hydrogens (tertiary/aromatic N) is 1. The molecule has 1 unspecified atom stereocenters. The quantitative estimate of drug-likeness (QED) is 0.620. The molecule has 27 heavy (non-hydrogen) atoms. The van der Waals surface area contributed by atoms with E-state index in [1.165, 1.54) is 11.3 Å². The molecule has 0 aromatic heterocycles. The van der Waals surface area contributed by atoms with Crippen LogP contribution in [0.2, 0.25) is 0 Å². The molecule has 2 N–H and O–H groups in total. The van der Waals surface area contributed by atoms with E-state index in [2.05, 4.69) is 62.3 Å². The summed E-state index contributed by atoms with van der Waals surface area (Å²) in [6, 6.07) is 3.79. The molecular weight excluding hydrogens is 342 g/mol. The predicted octanol–water partition coefficient (Wildman–Crippen LogP) is 3.25. The first-order valence-corrected chi connectivity index (χ1v) is 9.33. The highest BCUT2D eigenvalue weighted by Crippen LogP contribution is 2.45. The number of barbiturate groups is 1. The summed E-state index contributed by atoms with van der Waals surface area (Å²) in [7, 11) is 0. The van der Waals surface area contributed by atoms with Crippen LogP contribution in [0, 0.1) is 6.92 Å². The average molecular weight is 369 g/mol. The maximum Gasteiger partial charge on any atom is 0.328 e. The molecule has 0 bridgehead atoms. The Morgan fingerprint density at radius 2 is 1.74 bits per heavy atom. The van der Waals surface area contributed by atoms with Crippen LogP contribution in [0.25, 0.3) is 6.08 Å². The first kappa shape index (κ1) is 19.1. The van der Waals surface area contributed by atoms with Crippen LogP contribution in [0.15, 0.2) is 17.7 Å². The highest BCUT2D eigenvalue weighted by atomic mass is 16.2. The molecule has 0 aliphatic carbocycles. The first-order chi connectivity index (χ1) is 12.5. The Morgan fingerprint density at radius 3 is 2.30 bits per heavy atom. The summed E-state index contributed by atoms with van der Waals surface area (Å²) in [5.41, 5.74) is 4.22. The summed E-state index contributed by atoms with van der Waals surface area (Å²) in [5, 5.41) is 4.23. The predicted molar refractivity (Wildman–Crippen MR) is 106 cm³/mol. The standard InChI is InChI=1S/C21H27N3O3/c1-11(2)24-17-7-12(3)14(8-15(17)13(4)10-21(24,5)6)9-16-18(25)22-20(27)23-19(16)26/h7-9,11,13H,10H2,1-6H3,(H2,22,23,25,26,27). The number of carbonyl (C=O) groups excluding carboxylic acids is 3. The number of urea groups is 1. The SMILES string of the molecule is Cc1cc2c(cc1C=C1C(=O)NC(=O)NC1=O)C(C)CC(C)(C)N2C(C)C. The van der Waals surface area contributed by atoms with Crippen LogP contribution in [-0.4, -0.2) is 29.4 Å². The molecule has 4 amide bonds. The Hall–Kier alpha value is -2.63. The molecule has 1 fully saturated rings. The van der Waals surface area contributed by atoms with E-state index < -0.39 is 17.8 Å². The summed E-state index contributed by atoms with van der Waals surface area (Å²) in [4.78, 5) is 37.8. The van der Waals surface area contributed by atoms with E-state index in [0.717, 1.165) is 17.5 Å². The van der Waals surface area contributed by atoms with Gasteiger partial charge >= 0.3 is 6.03 Å². The molecule has 0 saturated carbocycles. The van der Waals surface area contributed by atoms with Crippen LogP contribution in [0.4, 0.5) is 10.5 Å². The van der Waals surface area contributed by atoms with Crippen LogP contribution in [0.1, 0.15) is 63.6 Å². The Labute approximate surface area is 160 Å². The number of carbonyl (C=O) groups is 3. The Balaban J connectivity index is 2.11. The highest BCUT2D eigenvalue weighted by molar-refractivity contribution is 6.31. The van der Waals surface area contributed by atoms with Gasteiger partial charge in [0.15, 0.2) is 0 Å². The first-order valence-electron chi connectivity index (χ1n) is 9.33. The zero-order valence-electron chi connectivity index (χ0n) is 16.8. The van der Waals surface area contributed by atoms with Gasteiger partial charge in [0.25, 0.3) is 11.8 Å². The number of benzene rings is 1. The van der Waals surface area contributed by atoms with Crippen LogP contribution in [0.5, 0.6) is 0 Å². The molecule has 1 aromatic rings. The van der Waals surface area contributed by atoms with Gasteiger partial charge in [-0.05, 0) is 81.9 Å². The van der Waals surface area contributed by atoms with Gasteiger partial charge in [0.05, 0.1) is 0 Å². The second-order valence-electron chi connectivity index (χ2n) is 8.44. The number of rotatable bonds is 2. The van der Waals surface area contributed by atoms with Crippen molar-refractivity contribution in [2.24, 2.45) is 0 Å². The Bertz CT molecular complexity index is 846. The van der Waals surface area contributed by atoms with E-state index in [1.54, 1.807) is 6.08 Å². The summed E-state index contributed by atoms with van der Waals surface area (Å²) in [6.07, 6.45) is 2.59. The van der Waals surface area contributed by atoms with Gasteiger partial charge in [0, 0.05) is 17.3 Å². The third-order valence-electron chi connectivity index (χ3n) is 5.42. The van der Waals surface area contributed by atoms with Crippen molar-refractivity contribution in [3.63, 3.8) is 0 Å². The minimum atomic E-state index is -0.784. The van der Waals surface area contributed by atoms with Gasteiger partial charge in [-0.2, -0.15) is 0 Å².